The molecule has 0 aliphatic heterocycles. The quantitative estimate of drug-likeness (QED) is 0.802. The Kier molecular flexibility index (Phi) is 6.84. The van der Waals surface area contributed by atoms with E-state index in [0.717, 1.165) is 12.8 Å². The molecule has 0 fully saturated rings. The summed E-state index contributed by atoms with van der Waals surface area (Å²) in [7, 11) is -3.53. The van der Waals surface area contributed by atoms with Gasteiger partial charge in [0, 0.05) is 12.6 Å². The normalized spacial score (nSPS) is 12.6. The molecule has 4 nitrogen and oxygen atoms in total. The third kappa shape index (κ3) is 4.53. The molecular weight excluding hydrogens is 286 g/mol. The molecule has 5 heteroatoms. The van der Waals surface area contributed by atoms with Gasteiger partial charge in [-0.2, -0.15) is 4.31 Å². The van der Waals surface area contributed by atoms with Gasteiger partial charge >= 0.3 is 0 Å². The first-order valence-corrected chi connectivity index (χ1v) is 9.02. The van der Waals surface area contributed by atoms with E-state index >= 15 is 0 Å². The van der Waals surface area contributed by atoms with Crippen LogP contribution in [-0.2, 0) is 16.6 Å². The highest BCUT2D eigenvalue weighted by Gasteiger charge is 2.30. The van der Waals surface area contributed by atoms with E-state index in [1.54, 1.807) is 28.6 Å². The van der Waals surface area contributed by atoms with E-state index in [0.29, 0.717) is 12.1 Å². The molecule has 0 saturated heterocycles. The Morgan fingerprint density at radius 2 is 1.81 bits per heavy atom. The first-order chi connectivity index (χ1) is 9.86. The summed E-state index contributed by atoms with van der Waals surface area (Å²) in [4.78, 5) is 0.265. The molecule has 1 aromatic carbocycles. The minimum Gasteiger partial charge on any atom is -0.392 e. The molecule has 120 valence electrons. The van der Waals surface area contributed by atoms with Gasteiger partial charge in [-0.25, -0.2) is 8.42 Å². The summed E-state index contributed by atoms with van der Waals surface area (Å²) in [5.41, 5.74) is 0.616. The van der Waals surface area contributed by atoms with Gasteiger partial charge in [0.15, 0.2) is 0 Å². The standard InChI is InChI=1S/C16H27NO3S/c1-5-15(6-2)17(11-13(3)4)21(19,20)16-9-7-8-14(10-16)12-18/h7-10,13,15,18H,5-6,11-12H2,1-4H3. The third-order valence-corrected chi connectivity index (χ3v) is 5.50. The van der Waals surface area contributed by atoms with Crippen LogP contribution in [0.3, 0.4) is 0 Å². The van der Waals surface area contributed by atoms with E-state index in [2.05, 4.69) is 0 Å². The molecule has 0 amide bonds. The Bertz CT molecular complexity index is 536. The third-order valence-electron chi connectivity index (χ3n) is 3.58. The average molecular weight is 313 g/mol. The molecule has 0 aliphatic rings. The van der Waals surface area contributed by atoms with Crippen molar-refractivity contribution in [1.29, 1.82) is 0 Å². The van der Waals surface area contributed by atoms with Crippen molar-refractivity contribution in [3.63, 3.8) is 0 Å². The molecule has 0 atom stereocenters. The molecule has 0 radical (unpaired) electrons. The van der Waals surface area contributed by atoms with Crippen LogP contribution in [0.25, 0.3) is 0 Å². The first-order valence-electron chi connectivity index (χ1n) is 7.58. The number of benzene rings is 1. The number of aliphatic hydroxyl groups is 1. The molecule has 1 rings (SSSR count). The zero-order valence-electron chi connectivity index (χ0n) is 13.4. The second kappa shape index (κ2) is 7.92. The Hall–Kier alpha value is -0.910. The largest absolute Gasteiger partial charge is 0.392 e. The van der Waals surface area contributed by atoms with Gasteiger partial charge in [-0.1, -0.05) is 39.8 Å². The Morgan fingerprint density at radius 1 is 1.19 bits per heavy atom. The fourth-order valence-corrected chi connectivity index (χ4v) is 4.45. The highest BCUT2D eigenvalue weighted by Crippen LogP contribution is 2.23. The van der Waals surface area contributed by atoms with Crippen LogP contribution in [0.15, 0.2) is 29.2 Å². The van der Waals surface area contributed by atoms with Gasteiger partial charge in [0.25, 0.3) is 0 Å². The van der Waals surface area contributed by atoms with E-state index in [1.807, 2.05) is 27.7 Å². The number of hydrogen-bond acceptors (Lipinski definition) is 3. The molecule has 0 heterocycles. The van der Waals surface area contributed by atoms with Crippen LogP contribution >= 0.6 is 0 Å². The predicted molar refractivity (Wildman–Crippen MR) is 85.5 cm³/mol. The summed E-state index contributed by atoms with van der Waals surface area (Å²) < 4.78 is 27.5. The fraction of sp³-hybridized carbons (Fsp3) is 0.625. The second-order valence-corrected chi connectivity index (χ2v) is 7.63. The molecule has 0 unspecified atom stereocenters. The maximum Gasteiger partial charge on any atom is 0.243 e. The monoisotopic (exact) mass is 313 g/mol. The molecular formula is C16H27NO3S. The molecule has 0 bridgehead atoms. The lowest BCUT2D eigenvalue weighted by molar-refractivity contribution is 0.276. The first kappa shape index (κ1) is 18.1. The predicted octanol–water partition coefficient (Wildman–Crippen LogP) is 3.01. The van der Waals surface area contributed by atoms with Crippen molar-refractivity contribution in [2.45, 2.75) is 58.1 Å². The van der Waals surface area contributed by atoms with Gasteiger partial charge in [0.05, 0.1) is 11.5 Å². The number of aliphatic hydroxyl groups excluding tert-OH is 1. The Labute approximate surface area is 128 Å². The SMILES string of the molecule is CCC(CC)N(CC(C)C)S(=O)(=O)c1cccc(CO)c1. The molecule has 1 aromatic rings. The smallest absolute Gasteiger partial charge is 0.243 e. The average Bonchev–Trinajstić information content (AvgIpc) is 2.47. The lowest BCUT2D eigenvalue weighted by Crippen LogP contribution is -2.42. The fourth-order valence-electron chi connectivity index (χ4n) is 2.44. The molecule has 0 spiro atoms. The second-order valence-electron chi connectivity index (χ2n) is 5.74. The summed E-state index contributed by atoms with van der Waals surface area (Å²) in [6.45, 7) is 8.43. The lowest BCUT2D eigenvalue weighted by Gasteiger charge is -2.31. The van der Waals surface area contributed by atoms with Gasteiger partial charge in [-0.15, -0.1) is 0 Å². The number of rotatable bonds is 8. The maximum atomic E-state index is 12.9. The zero-order chi connectivity index (χ0) is 16.0. The molecule has 0 aliphatic carbocycles. The van der Waals surface area contributed by atoms with Gasteiger partial charge in [-0.3, -0.25) is 0 Å². The maximum absolute atomic E-state index is 12.9. The summed E-state index contributed by atoms with van der Waals surface area (Å²) >= 11 is 0. The van der Waals surface area contributed by atoms with Crippen molar-refractivity contribution < 1.29 is 13.5 Å². The van der Waals surface area contributed by atoms with Gasteiger partial charge in [-0.05, 0) is 36.5 Å². The summed E-state index contributed by atoms with van der Waals surface area (Å²) in [5, 5.41) is 9.20. The van der Waals surface area contributed by atoms with Crippen LogP contribution in [0, 0.1) is 5.92 Å². The molecule has 0 saturated carbocycles. The van der Waals surface area contributed by atoms with Crippen LogP contribution < -0.4 is 0 Å². The van der Waals surface area contributed by atoms with Crippen molar-refractivity contribution in [3.05, 3.63) is 29.8 Å². The van der Waals surface area contributed by atoms with E-state index in [9.17, 15) is 13.5 Å². The van der Waals surface area contributed by atoms with Crippen molar-refractivity contribution in [2.75, 3.05) is 6.54 Å². The number of hydrogen-bond donors (Lipinski definition) is 1. The van der Waals surface area contributed by atoms with Crippen LogP contribution in [-0.4, -0.2) is 30.4 Å². The van der Waals surface area contributed by atoms with E-state index in [1.165, 1.54) is 0 Å². The lowest BCUT2D eigenvalue weighted by atomic mass is 10.1. The molecule has 0 aromatic heterocycles. The minimum absolute atomic E-state index is 0.00943. The number of sulfonamides is 1. The zero-order valence-corrected chi connectivity index (χ0v) is 14.2. The van der Waals surface area contributed by atoms with Gasteiger partial charge in [0.2, 0.25) is 10.0 Å². The van der Waals surface area contributed by atoms with Crippen molar-refractivity contribution in [3.8, 4) is 0 Å². The van der Waals surface area contributed by atoms with E-state index in [-0.39, 0.29) is 23.5 Å². The van der Waals surface area contributed by atoms with Gasteiger partial charge in [0.1, 0.15) is 0 Å². The van der Waals surface area contributed by atoms with Crippen LogP contribution in [0.5, 0.6) is 0 Å². The molecule has 1 N–H and O–H groups in total. The van der Waals surface area contributed by atoms with Gasteiger partial charge < -0.3 is 5.11 Å². The topological polar surface area (TPSA) is 57.6 Å². The van der Waals surface area contributed by atoms with E-state index < -0.39 is 10.0 Å². The summed E-state index contributed by atoms with van der Waals surface area (Å²) in [5.74, 6) is 0.265. The van der Waals surface area contributed by atoms with E-state index in [4.69, 9.17) is 0 Å². The molecule has 21 heavy (non-hydrogen) atoms. The van der Waals surface area contributed by atoms with Crippen molar-refractivity contribution in [1.82, 2.24) is 4.31 Å². The summed E-state index contributed by atoms with van der Waals surface area (Å²) in [6, 6.07) is 6.58. The highest BCUT2D eigenvalue weighted by molar-refractivity contribution is 7.89. The Morgan fingerprint density at radius 3 is 2.29 bits per heavy atom. The number of nitrogens with zero attached hydrogens (tertiary/aromatic N) is 1. The Balaban J connectivity index is 3.25. The van der Waals surface area contributed by atoms with Crippen molar-refractivity contribution in [2.24, 2.45) is 5.92 Å². The van der Waals surface area contributed by atoms with Crippen molar-refractivity contribution >= 4 is 10.0 Å². The van der Waals surface area contributed by atoms with Crippen LogP contribution in [0.4, 0.5) is 0 Å². The van der Waals surface area contributed by atoms with Crippen LogP contribution in [0.1, 0.15) is 46.1 Å². The minimum atomic E-state index is -3.53. The van der Waals surface area contributed by atoms with Crippen LogP contribution in [0.2, 0.25) is 0 Å². The highest BCUT2D eigenvalue weighted by atomic mass is 32.2. The summed E-state index contributed by atoms with van der Waals surface area (Å²) in [6.07, 6.45) is 1.59.